The van der Waals surface area contributed by atoms with Gasteiger partial charge in [-0.1, -0.05) is 12.1 Å². The van der Waals surface area contributed by atoms with E-state index in [0.717, 1.165) is 0 Å². The molecule has 0 bridgehead atoms. The molecule has 7 nitrogen and oxygen atoms in total. The molecule has 0 atom stereocenters. The molecule has 0 aliphatic rings. The average Bonchev–Trinajstić information content (AvgIpc) is 2.82. The van der Waals surface area contributed by atoms with E-state index in [-0.39, 0.29) is 6.01 Å². The summed E-state index contributed by atoms with van der Waals surface area (Å²) >= 11 is 0. The molecule has 17 heavy (non-hydrogen) atoms. The number of H-pyrrole nitrogens is 1. The standard InChI is InChI=1S/C10H7N5O2/c16-8-6-3-1-2-4-7(6)13-10(17-8)14-9-11-5-12-15-9/h1-5H,(H2,11,12,13,14,15). The van der Waals surface area contributed by atoms with E-state index in [1.54, 1.807) is 24.3 Å². The number of benzene rings is 1. The smallest absolute Gasteiger partial charge is 0.348 e. The lowest BCUT2D eigenvalue weighted by Crippen LogP contribution is -2.05. The quantitative estimate of drug-likeness (QED) is 0.681. The number of anilines is 2. The van der Waals surface area contributed by atoms with Crippen LogP contribution in [0.4, 0.5) is 12.0 Å². The number of hydrogen-bond donors (Lipinski definition) is 2. The first-order valence-corrected chi connectivity index (χ1v) is 4.85. The average molecular weight is 229 g/mol. The van der Waals surface area contributed by atoms with Crippen molar-refractivity contribution in [2.24, 2.45) is 0 Å². The maximum absolute atomic E-state index is 11.6. The van der Waals surface area contributed by atoms with Crippen LogP contribution in [0.25, 0.3) is 10.9 Å². The van der Waals surface area contributed by atoms with Gasteiger partial charge in [-0.25, -0.2) is 9.89 Å². The summed E-state index contributed by atoms with van der Waals surface area (Å²) in [5.41, 5.74) is 0.114. The molecular formula is C10H7N5O2. The summed E-state index contributed by atoms with van der Waals surface area (Å²) in [5, 5.41) is 9.39. The molecule has 0 saturated heterocycles. The third-order valence-corrected chi connectivity index (χ3v) is 2.18. The van der Waals surface area contributed by atoms with Crippen LogP contribution in [-0.2, 0) is 0 Å². The number of rotatable bonds is 2. The first-order chi connectivity index (χ1) is 8.33. The van der Waals surface area contributed by atoms with Crippen LogP contribution in [0, 0.1) is 0 Å². The lowest BCUT2D eigenvalue weighted by atomic mass is 10.2. The van der Waals surface area contributed by atoms with Crippen LogP contribution in [0.1, 0.15) is 0 Å². The minimum absolute atomic E-state index is 0.0745. The van der Waals surface area contributed by atoms with E-state index < -0.39 is 5.63 Å². The van der Waals surface area contributed by atoms with Crippen LogP contribution >= 0.6 is 0 Å². The molecule has 3 rings (SSSR count). The Balaban J connectivity index is 2.10. The summed E-state index contributed by atoms with van der Waals surface area (Å²) in [6, 6.07) is 7.02. The van der Waals surface area contributed by atoms with Crippen molar-refractivity contribution in [2.75, 3.05) is 5.32 Å². The molecule has 2 N–H and O–H groups in total. The minimum atomic E-state index is -0.447. The maximum atomic E-state index is 11.6. The van der Waals surface area contributed by atoms with Gasteiger partial charge < -0.3 is 4.42 Å². The second kappa shape index (κ2) is 3.71. The Hall–Kier alpha value is -2.70. The van der Waals surface area contributed by atoms with Crippen molar-refractivity contribution in [3.05, 3.63) is 41.0 Å². The van der Waals surface area contributed by atoms with Crippen LogP contribution in [0.3, 0.4) is 0 Å². The summed E-state index contributed by atoms with van der Waals surface area (Å²) in [6.45, 7) is 0. The summed E-state index contributed by atoms with van der Waals surface area (Å²) in [5.74, 6) is 0.357. The Morgan fingerprint density at radius 3 is 3.00 bits per heavy atom. The number of fused-ring (bicyclic) bond motifs is 1. The van der Waals surface area contributed by atoms with E-state index in [2.05, 4.69) is 25.5 Å². The zero-order valence-corrected chi connectivity index (χ0v) is 8.54. The van der Waals surface area contributed by atoms with E-state index in [1.807, 2.05) is 0 Å². The molecule has 3 aromatic rings. The predicted molar refractivity (Wildman–Crippen MR) is 59.9 cm³/mol. The van der Waals surface area contributed by atoms with Crippen LogP contribution in [0.15, 0.2) is 39.8 Å². The normalized spacial score (nSPS) is 10.6. The molecule has 0 spiro atoms. The molecule has 84 valence electrons. The van der Waals surface area contributed by atoms with Gasteiger partial charge >= 0.3 is 11.6 Å². The number of nitrogens with zero attached hydrogens (tertiary/aromatic N) is 3. The summed E-state index contributed by atoms with van der Waals surface area (Å²) < 4.78 is 5.00. The zero-order chi connectivity index (χ0) is 11.7. The Morgan fingerprint density at radius 2 is 2.18 bits per heavy atom. The summed E-state index contributed by atoms with van der Waals surface area (Å²) in [7, 11) is 0. The van der Waals surface area contributed by atoms with Gasteiger partial charge in [0.1, 0.15) is 6.33 Å². The Morgan fingerprint density at radius 1 is 1.29 bits per heavy atom. The molecule has 2 aromatic heterocycles. The number of hydrogen-bond acceptors (Lipinski definition) is 6. The number of aromatic amines is 1. The molecule has 0 amide bonds. The SMILES string of the molecule is O=c1oc(Nc2ncn[nH]2)nc2ccccc12. The van der Waals surface area contributed by atoms with Crippen LogP contribution in [0.2, 0.25) is 0 Å². The molecule has 0 saturated carbocycles. The van der Waals surface area contributed by atoms with Gasteiger partial charge in [-0.15, -0.1) is 0 Å². The predicted octanol–water partition coefficient (Wildman–Crippen LogP) is 1.05. The highest BCUT2D eigenvalue weighted by atomic mass is 16.4. The van der Waals surface area contributed by atoms with Crippen molar-refractivity contribution in [1.29, 1.82) is 0 Å². The van der Waals surface area contributed by atoms with Gasteiger partial charge in [0.25, 0.3) is 0 Å². The van der Waals surface area contributed by atoms with E-state index >= 15 is 0 Å². The monoisotopic (exact) mass is 229 g/mol. The van der Waals surface area contributed by atoms with Gasteiger partial charge in [-0.3, -0.25) is 5.32 Å². The number of para-hydroxylation sites is 1. The molecule has 2 heterocycles. The van der Waals surface area contributed by atoms with E-state index in [4.69, 9.17) is 4.42 Å². The topological polar surface area (TPSA) is 96.7 Å². The highest BCUT2D eigenvalue weighted by Gasteiger charge is 2.06. The lowest BCUT2D eigenvalue weighted by molar-refractivity contribution is 0.521. The van der Waals surface area contributed by atoms with Gasteiger partial charge in [0.15, 0.2) is 0 Å². The summed E-state index contributed by atoms with van der Waals surface area (Å²) in [4.78, 5) is 19.6. The maximum Gasteiger partial charge on any atom is 0.348 e. The third-order valence-electron chi connectivity index (χ3n) is 2.18. The third kappa shape index (κ3) is 1.73. The largest absolute Gasteiger partial charge is 0.388 e. The molecule has 0 fully saturated rings. The van der Waals surface area contributed by atoms with E-state index in [0.29, 0.717) is 16.9 Å². The molecule has 0 aliphatic heterocycles. The van der Waals surface area contributed by atoms with Crippen LogP contribution in [0.5, 0.6) is 0 Å². The molecule has 0 aliphatic carbocycles. The Kier molecular flexibility index (Phi) is 2.08. The molecule has 0 radical (unpaired) electrons. The highest BCUT2D eigenvalue weighted by Crippen LogP contribution is 2.12. The van der Waals surface area contributed by atoms with Crippen molar-refractivity contribution in [1.82, 2.24) is 20.2 Å². The fourth-order valence-electron chi connectivity index (χ4n) is 1.44. The van der Waals surface area contributed by atoms with Crippen molar-refractivity contribution in [3.8, 4) is 0 Å². The van der Waals surface area contributed by atoms with Gasteiger partial charge in [-0.05, 0) is 12.1 Å². The first-order valence-electron chi connectivity index (χ1n) is 4.85. The van der Waals surface area contributed by atoms with Gasteiger partial charge in [0, 0.05) is 0 Å². The second-order valence-corrected chi connectivity index (χ2v) is 3.28. The first kappa shape index (κ1) is 9.52. The zero-order valence-electron chi connectivity index (χ0n) is 8.54. The Bertz CT molecular complexity index is 704. The van der Waals surface area contributed by atoms with Crippen LogP contribution in [-0.4, -0.2) is 20.2 Å². The number of nitrogens with one attached hydrogen (secondary N) is 2. The van der Waals surface area contributed by atoms with E-state index in [1.165, 1.54) is 6.33 Å². The fourth-order valence-corrected chi connectivity index (χ4v) is 1.44. The Labute approximate surface area is 94.5 Å². The lowest BCUT2D eigenvalue weighted by Gasteiger charge is -2.00. The van der Waals surface area contributed by atoms with Gasteiger partial charge in [0.05, 0.1) is 10.9 Å². The van der Waals surface area contributed by atoms with E-state index in [9.17, 15) is 4.79 Å². The van der Waals surface area contributed by atoms with Crippen molar-refractivity contribution >= 4 is 22.9 Å². The van der Waals surface area contributed by atoms with Gasteiger partial charge in [0.2, 0.25) is 5.95 Å². The second-order valence-electron chi connectivity index (χ2n) is 3.28. The van der Waals surface area contributed by atoms with Gasteiger partial charge in [-0.2, -0.15) is 15.1 Å². The van der Waals surface area contributed by atoms with Crippen molar-refractivity contribution in [3.63, 3.8) is 0 Å². The molecule has 0 unspecified atom stereocenters. The summed E-state index contributed by atoms with van der Waals surface area (Å²) in [6.07, 6.45) is 1.33. The van der Waals surface area contributed by atoms with Crippen molar-refractivity contribution < 1.29 is 4.42 Å². The minimum Gasteiger partial charge on any atom is -0.388 e. The molecular weight excluding hydrogens is 222 g/mol. The highest BCUT2D eigenvalue weighted by molar-refractivity contribution is 5.77. The van der Waals surface area contributed by atoms with Crippen LogP contribution < -0.4 is 10.9 Å². The molecule has 1 aromatic carbocycles. The number of aromatic nitrogens is 4. The fraction of sp³-hybridized carbons (Fsp3) is 0. The van der Waals surface area contributed by atoms with Crippen molar-refractivity contribution in [2.45, 2.75) is 0 Å². The molecule has 7 heteroatoms.